The average molecular weight is 299 g/mol. The Kier molecular flexibility index (Phi) is 6.72. The van der Waals surface area contributed by atoms with E-state index in [4.69, 9.17) is 28.5 Å². The van der Waals surface area contributed by atoms with Crippen molar-refractivity contribution in [1.82, 2.24) is 10.3 Å². The number of nitriles is 1. The van der Waals surface area contributed by atoms with Crippen molar-refractivity contribution in [3.63, 3.8) is 0 Å². The summed E-state index contributed by atoms with van der Waals surface area (Å²) in [4.78, 5) is 15.6. The van der Waals surface area contributed by atoms with Crippen LogP contribution in [0.2, 0.25) is 5.02 Å². The first-order valence-corrected chi connectivity index (χ1v) is 6.41. The van der Waals surface area contributed by atoms with Gasteiger partial charge in [0.15, 0.2) is 0 Å². The Balaban J connectivity index is 2.59. The van der Waals surface area contributed by atoms with Crippen LogP contribution in [0.4, 0.5) is 5.82 Å². The number of nitrogens with one attached hydrogen (secondary N) is 2. The van der Waals surface area contributed by atoms with Gasteiger partial charge in [-0.25, -0.2) is 4.98 Å². The van der Waals surface area contributed by atoms with E-state index in [9.17, 15) is 4.79 Å². The fourth-order valence-electron chi connectivity index (χ4n) is 1.12. The van der Waals surface area contributed by atoms with Gasteiger partial charge in [0.05, 0.1) is 5.02 Å². The molecule has 0 atom stereocenters. The molecule has 1 heterocycles. The van der Waals surface area contributed by atoms with E-state index in [1.165, 1.54) is 12.4 Å². The van der Waals surface area contributed by atoms with Crippen molar-refractivity contribution < 1.29 is 4.79 Å². The maximum atomic E-state index is 11.6. The summed E-state index contributed by atoms with van der Waals surface area (Å²) in [5.74, 6) is 0.499. The second-order valence-corrected chi connectivity index (χ2v) is 4.29. The monoisotopic (exact) mass is 298 g/mol. The Morgan fingerprint density at radius 2 is 2.32 bits per heavy atom. The van der Waals surface area contributed by atoms with Crippen molar-refractivity contribution in [2.75, 3.05) is 17.7 Å². The summed E-state index contributed by atoms with van der Waals surface area (Å²) in [5, 5.41) is 14.7. The molecule has 0 saturated heterocycles. The minimum Gasteiger partial charge on any atom is -0.351 e. The quantitative estimate of drug-likeness (QED) is 0.366. The number of halogens is 2. The van der Waals surface area contributed by atoms with Crippen molar-refractivity contribution >= 4 is 34.9 Å². The Labute approximate surface area is 121 Å². The number of hydrogen-bond acceptors (Lipinski definition) is 4. The normalized spacial score (nSPS) is 10.7. The molecule has 1 rings (SSSR count). The summed E-state index contributed by atoms with van der Waals surface area (Å²) < 4.78 is 0. The van der Waals surface area contributed by atoms with Crippen LogP contribution in [0, 0.1) is 11.3 Å². The highest BCUT2D eigenvalue weighted by molar-refractivity contribution is 6.30. The number of hydrogen-bond donors (Lipinski definition) is 2. The number of amides is 1. The van der Waals surface area contributed by atoms with Crippen molar-refractivity contribution in [2.24, 2.45) is 0 Å². The molecule has 0 unspecified atom stereocenters. The molecule has 1 amide bonds. The van der Waals surface area contributed by atoms with E-state index in [0.717, 1.165) is 0 Å². The number of aromatic nitrogens is 1. The number of carbonyl (C=O) groups is 1. The zero-order valence-corrected chi connectivity index (χ0v) is 11.5. The van der Waals surface area contributed by atoms with Gasteiger partial charge in [-0.3, -0.25) is 4.79 Å². The molecule has 0 bridgehead atoms. The number of anilines is 1. The molecule has 0 aromatic carbocycles. The van der Waals surface area contributed by atoms with Crippen LogP contribution >= 0.6 is 23.2 Å². The fourth-order valence-corrected chi connectivity index (χ4v) is 1.37. The molecule has 5 nitrogen and oxygen atoms in total. The summed E-state index contributed by atoms with van der Waals surface area (Å²) in [6, 6.07) is 5.10. The number of pyridine rings is 1. The van der Waals surface area contributed by atoms with Crippen LogP contribution < -0.4 is 10.6 Å². The molecule has 0 radical (unpaired) electrons. The van der Waals surface area contributed by atoms with Gasteiger partial charge in [0, 0.05) is 24.8 Å². The SMILES string of the molecule is N#C/C(=C/Nc1ccc(Cl)cn1)C(=O)NCCCCl. The fraction of sp³-hybridized carbons (Fsp3) is 0.250. The zero-order chi connectivity index (χ0) is 14.1. The second kappa shape index (κ2) is 8.35. The van der Waals surface area contributed by atoms with Gasteiger partial charge in [-0.1, -0.05) is 11.6 Å². The maximum absolute atomic E-state index is 11.6. The second-order valence-electron chi connectivity index (χ2n) is 3.47. The Morgan fingerprint density at radius 3 is 2.89 bits per heavy atom. The predicted molar refractivity (Wildman–Crippen MR) is 74.9 cm³/mol. The number of carbonyl (C=O) groups excluding carboxylic acids is 1. The lowest BCUT2D eigenvalue weighted by Gasteiger charge is -2.03. The molecule has 0 fully saturated rings. The first-order chi connectivity index (χ1) is 9.17. The Morgan fingerprint density at radius 1 is 1.53 bits per heavy atom. The lowest BCUT2D eigenvalue weighted by atomic mass is 10.3. The molecule has 0 spiro atoms. The molecular formula is C12H12Cl2N4O. The van der Waals surface area contributed by atoms with E-state index in [1.807, 2.05) is 6.07 Å². The molecule has 19 heavy (non-hydrogen) atoms. The molecule has 0 aliphatic rings. The zero-order valence-electron chi connectivity index (χ0n) is 9.99. The third kappa shape index (κ3) is 5.60. The molecule has 1 aromatic rings. The van der Waals surface area contributed by atoms with Gasteiger partial charge in [0.2, 0.25) is 0 Å². The van der Waals surface area contributed by atoms with E-state index in [0.29, 0.717) is 29.7 Å². The van der Waals surface area contributed by atoms with Gasteiger partial charge in [-0.2, -0.15) is 5.26 Å². The van der Waals surface area contributed by atoms with Crippen LogP contribution in [0.15, 0.2) is 30.1 Å². The van der Waals surface area contributed by atoms with Crippen LogP contribution in [0.25, 0.3) is 0 Å². The summed E-state index contributed by atoms with van der Waals surface area (Å²) in [6.45, 7) is 0.431. The van der Waals surface area contributed by atoms with Crippen LogP contribution in [0.5, 0.6) is 0 Å². The van der Waals surface area contributed by atoms with Gasteiger partial charge in [-0.15, -0.1) is 11.6 Å². The van der Waals surface area contributed by atoms with Crippen LogP contribution in [0.1, 0.15) is 6.42 Å². The molecular weight excluding hydrogens is 287 g/mol. The van der Waals surface area contributed by atoms with E-state index in [-0.39, 0.29) is 5.57 Å². The van der Waals surface area contributed by atoms with Gasteiger partial charge in [-0.05, 0) is 18.6 Å². The minimum absolute atomic E-state index is 0.0358. The maximum Gasteiger partial charge on any atom is 0.263 e. The van der Waals surface area contributed by atoms with Crippen molar-refractivity contribution in [2.45, 2.75) is 6.42 Å². The van der Waals surface area contributed by atoms with Gasteiger partial charge in [0.1, 0.15) is 17.5 Å². The highest BCUT2D eigenvalue weighted by atomic mass is 35.5. The van der Waals surface area contributed by atoms with Crippen LogP contribution in [-0.2, 0) is 4.79 Å². The summed E-state index contributed by atoms with van der Waals surface area (Å²) in [7, 11) is 0. The number of alkyl halides is 1. The standard InChI is InChI=1S/C12H12Cl2N4O/c13-4-1-5-16-12(19)9(6-15)7-17-11-3-2-10(14)8-18-11/h2-3,7-8H,1,4-5H2,(H,16,19)(H,17,18)/b9-7-. The molecule has 7 heteroatoms. The number of nitrogens with zero attached hydrogens (tertiary/aromatic N) is 2. The Bertz CT molecular complexity index is 493. The third-order valence-corrected chi connectivity index (χ3v) is 2.54. The topological polar surface area (TPSA) is 77.8 Å². The molecule has 0 aliphatic carbocycles. The highest BCUT2D eigenvalue weighted by Crippen LogP contribution is 2.09. The van der Waals surface area contributed by atoms with E-state index in [2.05, 4.69) is 15.6 Å². The number of rotatable bonds is 6. The van der Waals surface area contributed by atoms with Crippen molar-refractivity contribution in [3.05, 3.63) is 35.1 Å². The lowest BCUT2D eigenvalue weighted by molar-refractivity contribution is -0.117. The predicted octanol–water partition coefficient (Wildman–Crippen LogP) is 2.30. The largest absolute Gasteiger partial charge is 0.351 e. The van der Waals surface area contributed by atoms with Crippen LogP contribution in [0.3, 0.4) is 0 Å². The van der Waals surface area contributed by atoms with Crippen molar-refractivity contribution in [3.8, 4) is 6.07 Å². The average Bonchev–Trinajstić information content (AvgIpc) is 2.42. The first-order valence-electron chi connectivity index (χ1n) is 5.50. The lowest BCUT2D eigenvalue weighted by Crippen LogP contribution is -2.26. The molecule has 1 aromatic heterocycles. The van der Waals surface area contributed by atoms with E-state index in [1.54, 1.807) is 12.1 Å². The van der Waals surface area contributed by atoms with E-state index >= 15 is 0 Å². The van der Waals surface area contributed by atoms with E-state index < -0.39 is 5.91 Å². The van der Waals surface area contributed by atoms with Gasteiger partial charge < -0.3 is 10.6 Å². The van der Waals surface area contributed by atoms with Crippen LogP contribution in [-0.4, -0.2) is 23.3 Å². The Hall–Kier alpha value is -1.77. The molecule has 0 saturated carbocycles. The minimum atomic E-state index is -0.450. The molecule has 100 valence electrons. The van der Waals surface area contributed by atoms with Crippen molar-refractivity contribution in [1.29, 1.82) is 5.26 Å². The summed E-state index contributed by atoms with van der Waals surface area (Å²) >= 11 is 11.2. The first kappa shape index (κ1) is 15.3. The molecule has 0 aliphatic heterocycles. The summed E-state index contributed by atoms with van der Waals surface area (Å²) in [5.41, 5.74) is -0.0358. The summed E-state index contributed by atoms with van der Waals surface area (Å²) in [6.07, 6.45) is 3.41. The van der Waals surface area contributed by atoms with Gasteiger partial charge in [0.25, 0.3) is 5.91 Å². The van der Waals surface area contributed by atoms with Gasteiger partial charge >= 0.3 is 0 Å². The highest BCUT2D eigenvalue weighted by Gasteiger charge is 2.07. The molecule has 2 N–H and O–H groups in total. The third-order valence-electron chi connectivity index (χ3n) is 2.05. The smallest absolute Gasteiger partial charge is 0.263 e.